The van der Waals surface area contributed by atoms with Gasteiger partial charge in [-0.25, -0.2) is 0 Å². The molecule has 5 heteroatoms. The topological polar surface area (TPSA) is 52.6 Å². The van der Waals surface area contributed by atoms with Gasteiger partial charge in [0.1, 0.15) is 0 Å². The van der Waals surface area contributed by atoms with E-state index in [1.54, 1.807) is 0 Å². The number of aliphatic hydroxyl groups is 1. The molecular formula is C16H24N2O2S. The van der Waals surface area contributed by atoms with Gasteiger partial charge < -0.3 is 10.4 Å². The van der Waals surface area contributed by atoms with E-state index in [-0.39, 0.29) is 18.0 Å². The highest BCUT2D eigenvalue weighted by molar-refractivity contribution is 7.13. The molecule has 2 heterocycles. The second-order valence-corrected chi connectivity index (χ2v) is 7.51. The summed E-state index contributed by atoms with van der Waals surface area (Å²) in [6.45, 7) is 4.18. The molecule has 2 fully saturated rings. The quantitative estimate of drug-likeness (QED) is 0.900. The maximum absolute atomic E-state index is 12.3. The zero-order valence-corrected chi connectivity index (χ0v) is 13.4. The van der Waals surface area contributed by atoms with E-state index in [9.17, 15) is 9.90 Å². The van der Waals surface area contributed by atoms with Crippen molar-refractivity contribution in [2.45, 2.75) is 57.2 Å². The van der Waals surface area contributed by atoms with Crippen molar-refractivity contribution in [3.63, 3.8) is 0 Å². The van der Waals surface area contributed by atoms with Crippen LogP contribution in [-0.2, 0) is 0 Å². The Bertz CT molecular complexity index is 496. The van der Waals surface area contributed by atoms with E-state index in [0.29, 0.717) is 0 Å². The van der Waals surface area contributed by atoms with Gasteiger partial charge in [-0.15, -0.1) is 11.3 Å². The zero-order valence-electron chi connectivity index (χ0n) is 12.5. The first-order valence-electron chi connectivity index (χ1n) is 7.94. The van der Waals surface area contributed by atoms with Crippen LogP contribution in [0.3, 0.4) is 0 Å². The monoisotopic (exact) mass is 308 g/mol. The summed E-state index contributed by atoms with van der Waals surface area (Å²) in [6.07, 6.45) is 5.02. The third kappa shape index (κ3) is 3.30. The van der Waals surface area contributed by atoms with Crippen molar-refractivity contribution in [3.8, 4) is 0 Å². The highest BCUT2D eigenvalue weighted by Gasteiger charge is 2.37. The summed E-state index contributed by atoms with van der Waals surface area (Å²) in [6, 6.07) is 3.93. The first kappa shape index (κ1) is 15.0. The van der Waals surface area contributed by atoms with Crippen LogP contribution in [-0.4, -0.2) is 47.2 Å². The highest BCUT2D eigenvalue weighted by atomic mass is 32.1. The summed E-state index contributed by atoms with van der Waals surface area (Å²) in [7, 11) is 0. The van der Waals surface area contributed by atoms with Crippen LogP contribution in [0.25, 0.3) is 0 Å². The number of aliphatic hydroxyl groups excluding tert-OH is 1. The minimum absolute atomic E-state index is 0.0424. The number of nitrogens with one attached hydrogen (secondary N) is 1. The van der Waals surface area contributed by atoms with Crippen molar-refractivity contribution in [3.05, 3.63) is 21.9 Å². The molecule has 116 valence electrons. The van der Waals surface area contributed by atoms with Gasteiger partial charge in [0.15, 0.2) is 0 Å². The number of carbonyl (C=O) groups excluding carboxylic acids is 1. The van der Waals surface area contributed by atoms with E-state index in [4.69, 9.17) is 0 Å². The van der Waals surface area contributed by atoms with Gasteiger partial charge in [-0.3, -0.25) is 9.69 Å². The normalized spacial score (nSPS) is 30.5. The predicted molar refractivity (Wildman–Crippen MR) is 84.8 cm³/mol. The first-order chi connectivity index (χ1) is 10.1. The highest BCUT2D eigenvalue weighted by Crippen LogP contribution is 2.27. The van der Waals surface area contributed by atoms with E-state index >= 15 is 0 Å². The Hall–Kier alpha value is -0.910. The lowest BCUT2D eigenvalue weighted by Crippen LogP contribution is -2.56. The lowest BCUT2D eigenvalue weighted by Gasteiger charge is -2.40. The van der Waals surface area contributed by atoms with Crippen molar-refractivity contribution < 1.29 is 9.90 Å². The number of likely N-dealkylation sites (tertiary alicyclic amines) is 1. The van der Waals surface area contributed by atoms with Crippen LogP contribution in [0.15, 0.2) is 12.1 Å². The lowest BCUT2D eigenvalue weighted by atomic mass is 9.87. The van der Waals surface area contributed by atoms with Crippen LogP contribution in [0.5, 0.6) is 0 Å². The largest absolute Gasteiger partial charge is 0.389 e. The molecule has 1 aromatic heterocycles. The average molecular weight is 308 g/mol. The van der Waals surface area contributed by atoms with Gasteiger partial charge in [-0.05, 0) is 64.3 Å². The van der Waals surface area contributed by atoms with Crippen molar-refractivity contribution in [1.29, 1.82) is 0 Å². The molecular weight excluding hydrogens is 284 g/mol. The van der Waals surface area contributed by atoms with E-state index in [1.807, 2.05) is 19.1 Å². The third-order valence-electron chi connectivity index (χ3n) is 4.71. The summed E-state index contributed by atoms with van der Waals surface area (Å²) in [5.74, 6) is -0.0424. The SMILES string of the molecule is Cc1ccc(C(=O)N[C@@H]2CCC[C@@H](N3CCCC3)[C@@H]2O)s1. The van der Waals surface area contributed by atoms with Crippen molar-refractivity contribution in [2.24, 2.45) is 0 Å². The Labute approximate surface area is 130 Å². The Balaban J connectivity index is 1.63. The van der Waals surface area contributed by atoms with Crippen LogP contribution >= 0.6 is 11.3 Å². The minimum atomic E-state index is -0.443. The van der Waals surface area contributed by atoms with Crippen LogP contribution < -0.4 is 5.32 Å². The molecule has 1 saturated heterocycles. The molecule has 3 rings (SSSR count). The second kappa shape index (κ2) is 6.46. The fraction of sp³-hybridized carbons (Fsp3) is 0.688. The maximum atomic E-state index is 12.3. The Morgan fingerprint density at radius 1 is 1.29 bits per heavy atom. The Morgan fingerprint density at radius 3 is 2.71 bits per heavy atom. The molecule has 4 nitrogen and oxygen atoms in total. The molecule has 0 bridgehead atoms. The third-order valence-corrected chi connectivity index (χ3v) is 5.71. The van der Waals surface area contributed by atoms with Crippen molar-refractivity contribution >= 4 is 17.2 Å². The Morgan fingerprint density at radius 2 is 2.05 bits per heavy atom. The van der Waals surface area contributed by atoms with E-state index in [1.165, 1.54) is 24.2 Å². The maximum Gasteiger partial charge on any atom is 0.261 e. The van der Waals surface area contributed by atoms with Gasteiger partial charge in [-0.1, -0.05) is 0 Å². The van der Waals surface area contributed by atoms with Crippen molar-refractivity contribution in [2.75, 3.05) is 13.1 Å². The average Bonchev–Trinajstić information content (AvgIpc) is 3.12. The fourth-order valence-corrected chi connectivity index (χ4v) is 4.35. The molecule has 1 aromatic rings. The number of hydrogen-bond acceptors (Lipinski definition) is 4. The molecule has 1 aliphatic heterocycles. The molecule has 1 aliphatic carbocycles. The molecule has 2 aliphatic rings. The second-order valence-electron chi connectivity index (χ2n) is 6.22. The molecule has 0 spiro atoms. The molecule has 0 aromatic carbocycles. The van der Waals surface area contributed by atoms with E-state index in [2.05, 4.69) is 10.2 Å². The number of nitrogens with zero attached hydrogens (tertiary/aromatic N) is 1. The van der Waals surface area contributed by atoms with Gasteiger partial charge in [-0.2, -0.15) is 0 Å². The van der Waals surface area contributed by atoms with Crippen LogP contribution in [0.1, 0.15) is 46.7 Å². The lowest BCUT2D eigenvalue weighted by molar-refractivity contribution is 0.00709. The van der Waals surface area contributed by atoms with Gasteiger partial charge >= 0.3 is 0 Å². The van der Waals surface area contributed by atoms with Gasteiger partial charge in [0, 0.05) is 10.9 Å². The summed E-state index contributed by atoms with van der Waals surface area (Å²) >= 11 is 1.51. The summed E-state index contributed by atoms with van der Waals surface area (Å²) in [5.41, 5.74) is 0. The summed E-state index contributed by atoms with van der Waals surface area (Å²) in [4.78, 5) is 16.6. The molecule has 21 heavy (non-hydrogen) atoms. The molecule has 2 N–H and O–H groups in total. The Kier molecular flexibility index (Phi) is 4.62. The van der Waals surface area contributed by atoms with Gasteiger partial charge in [0.05, 0.1) is 17.0 Å². The van der Waals surface area contributed by atoms with Gasteiger partial charge in [0.2, 0.25) is 0 Å². The van der Waals surface area contributed by atoms with Crippen LogP contribution in [0, 0.1) is 6.92 Å². The summed E-state index contributed by atoms with van der Waals surface area (Å²) < 4.78 is 0. The van der Waals surface area contributed by atoms with Crippen molar-refractivity contribution in [1.82, 2.24) is 10.2 Å². The van der Waals surface area contributed by atoms with Crippen LogP contribution in [0.4, 0.5) is 0 Å². The van der Waals surface area contributed by atoms with E-state index < -0.39 is 6.10 Å². The zero-order chi connectivity index (χ0) is 14.8. The molecule has 0 radical (unpaired) electrons. The number of aryl methyl sites for hydroxylation is 1. The fourth-order valence-electron chi connectivity index (χ4n) is 3.58. The van der Waals surface area contributed by atoms with E-state index in [0.717, 1.165) is 42.1 Å². The minimum Gasteiger partial charge on any atom is -0.389 e. The molecule has 3 atom stereocenters. The van der Waals surface area contributed by atoms with Gasteiger partial charge in [0.25, 0.3) is 5.91 Å². The number of rotatable bonds is 3. The number of carbonyl (C=O) groups is 1. The smallest absolute Gasteiger partial charge is 0.261 e. The molecule has 0 unspecified atom stereocenters. The van der Waals surface area contributed by atoms with Crippen LogP contribution in [0.2, 0.25) is 0 Å². The molecule has 1 saturated carbocycles. The predicted octanol–water partition coefficient (Wildman–Crippen LogP) is 2.16. The first-order valence-corrected chi connectivity index (χ1v) is 8.76. The summed E-state index contributed by atoms with van der Waals surface area (Å²) in [5, 5.41) is 13.7. The number of hydrogen-bond donors (Lipinski definition) is 2. The number of amides is 1. The molecule has 1 amide bonds. The standard InChI is InChI=1S/C16H24N2O2S/c1-11-7-8-14(21-11)16(20)17-12-5-4-6-13(15(12)19)18-9-2-3-10-18/h7-8,12-13,15,19H,2-6,9-10H2,1H3,(H,17,20)/t12-,13-,15-/m1/s1. The number of thiophene rings is 1.